The Morgan fingerprint density at radius 2 is 1.71 bits per heavy atom. The molecule has 1 rings (SSSR count). The maximum absolute atomic E-state index is 12.4. The monoisotopic (exact) mass is 356 g/mol. The van der Waals surface area contributed by atoms with Crippen molar-refractivity contribution in [3.63, 3.8) is 0 Å². The SMILES string of the molecule is COc1ccccc1N(CC(=O)NC(C(C)C)C(C)C)S(C)(=O)=O. The number of benzene rings is 1. The molecule has 0 fully saturated rings. The van der Waals surface area contributed by atoms with Crippen LogP contribution in [0.15, 0.2) is 24.3 Å². The molecule has 1 N–H and O–H groups in total. The summed E-state index contributed by atoms with van der Waals surface area (Å²) in [5.41, 5.74) is 0.350. The van der Waals surface area contributed by atoms with Crippen molar-refractivity contribution in [1.29, 1.82) is 0 Å². The summed E-state index contributed by atoms with van der Waals surface area (Å²) in [7, 11) is -2.16. The third-order valence-corrected chi connectivity index (χ3v) is 4.93. The summed E-state index contributed by atoms with van der Waals surface area (Å²) < 4.78 is 30.6. The van der Waals surface area contributed by atoms with Crippen LogP contribution in [0.25, 0.3) is 0 Å². The van der Waals surface area contributed by atoms with Crippen LogP contribution in [0, 0.1) is 11.8 Å². The van der Waals surface area contributed by atoms with E-state index in [1.807, 2.05) is 27.7 Å². The lowest BCUT2D eigenvalue weighted by Gasteiger charge is -2.28. The molecule has 0 unspecified atom stereocenters. The van der Waals surface area contributed by atoms with Gasteiger partial charge in [-0.2, -0.15) is 0 Å². The molecule has 0 aliphatic carbocycles. The van der Waals surface area contributed by atoms with Crippen LogP contribution in [0.1, 0.15) is 27.7 Å². The van der Waals surface area contributed by atoms with Gasteiger partial charge in [0.2, 0.25) is 15.9 Å². The van der Waals surface area contributed by atoms with E-state index in [1.54, 1.807) is 24.3 Å². The molecule has 0 heterocycles. The van der Waals surface area contributed by atoms with Gasteiger partial charge in [-0.3, -0.25) is 9.10 Å². The molecule has 0 bridgehead atoms. The zero-order valence-corrected chi connectivity index (χ0v) is 16.1. The van der Waals surface area contributed by atoms with E-state index in [9.17, 15) is 13.2 Å². The highest BCUT2D eigenvalue weighted by atomic mass is 32.2. The number of carbonyl (C=O) groups excluding carboxylic acids is 1. The van der Waals surface area contributed by atoms with Gasteiger partial charge in [-0.15, -0.1) is 0 Å². The topological polar surface area (TPSA) is 75.7 Å². The Balaban J connectivity index is 3.06. The molecule has 0 atom stereocenters. The number of nitrogens with one attached hydrogen (secondary N) is 1. The summed E-state index contributed by atoms with van der Waals surface area (Å²) in [6.45, 7) is 7.83. The first-order valence-electron chi connectivity index (χ1n) is 7.98. The normalized spacial score (nSPS) is 11.9. The maximum atomic E-state index is 12.4. The second-order valence-corrected chi connectivity index (χ2v) is 8.43. The van der Waals surface area contributed by atoms with Gasteiger partial charge in [0.05, 0.1) is 19.1 Å². The number of hydrogen-bond donors (Lipinski definition) is 1. The third-order valence-electron chi connectivity index (χ3n) is 3.81. The summed E-state index contributed by atoms with van der Waals surface area (Å²) >= 11 is 0. The smallest absolute Gasteiger partial charge is 0.241 e. The Bertz CT molecular complexity index is 648. The molecule has 0 aliphatic rings. The minimum atomic E-state index is -3.63. The van der Waals surface area contributed by atoms with Crippen molar-refractivity contribution >= 4 is 21.6 Å². The maximum Gasteiger partial charge on any atom is 0.241 e. The molecule has 0 saturated carbocycles. The van der Waals surface area contributed by atoms with Crippen LogP contribution in [0.2, 0.25) is 0 Å². The molecule has 1 amide bonds. The molecular formula is C17H28N2O4S. The van der Waals surface area contributed by atoms with Crippen molar-refractivity contribution in [2.24, 2.45) is 11.8 Å². The number of sulfonamides is 1. The van der Waals surface area contributed by atoms with Gasteiger partial charge >= 0.3 is 0 Å². The molecule has 0 saturated heterocycles. The molecule has 24 heavy (non-hydrogen) atoms. The van der Waals surface area contributed by atoms with E-state index in [0.29, 0.717) is 11.4 Å². The molecule has 136 valence electrons. The quantitative estimate of drug-likeness (QED) is 0.775. The van der Waals surface area contributed by atoms with Gasteiger partial charge in [-0.05, 0) is 24.0 Å². The Labute approximate surface area is 145 Å². The van der Waals surface area contributed by atoms with Crippen LogP contribution in [-0.4, -0.2) is 40.3 Å². The molecule has 0 radical (unpaired) electrons. The summed E-state index contributed by atoms with van der Waals surface area (Å²) in [4.78, 5) is 12.4. The molecule has 6 nitrogen and oxygen atoms in total. The van der Waals surface area contributed by atoms with Gasteiger partial charge < -0.3 is 10.1 Å². The van der Waals surface area contributed by atoms with E-state index in [4.69, 9.17) is 4.74 Å². The number of carbonyl (C=O) groups is 1. The average Bonchev–Trinajstić information content (AvgIpc) is 2.48. The molecule has 0 aromatic heterocycles. The number of methoxy groups -OCH3 is 1. The number of nitrogens with zero attached hydrogens (tertiary/aromatic N) is 1. The Morgan fingerprint density at radius 1 is 1.17 bits per heavy atom. The van der Waals surface area contributed by atoms with Crippen LogP contribution in [0.3, 0.4) is 0 Å². The molecule has 0 aliphatic heterocycles. The lowest BCUT2D eigenvalue weighted by molar-refractivity contribution is -0.121. The van der Waals surface area contributed by atoms with Crippen molar-refractivity contribution in [1.82, 2.24) is 5.32 Å². The number of amides is 1. The van der Waals surface area contributed by atoms with Gasteiger partial charge in [0.1, 0.15) is 12.3 Å². The first-order valence-corrected chi connectivity index (χ1v) is 9.82. The number of anilines is 1. The number of ether oxygens (including phenoxy) is 1. The zero-order valence-electron chi connectivity index (χ0n) is 15.2. The Morgan fingerprint density at radius 3 is 2.17 bits per heavy atom. The molecule has 7 heteroatoms. The fraction of sp³-hybridized carbons (Fsp3) is 0.588. The van der Waals surface area contributed by atoms with Crippen molar-refractivity contribution < 1.29 is 17.9 Å². The van der Waals surface area contributed by atoms with Gasteiger partial charge in [-0.1, -0.05) is 39.8 Å². The molecule has 1 aromatic carbocycles. The van der Waals surface area contributed by atoms with Gasteiger partial charge in [0, 0.05) is 6.04 Å². The van der Waals surface area contributed by atoms with Gasteiger partial charge in [0.25, 0.3) is 0 Å². The van der Waals surface area contributed by atoms with Crippen molar-refractivity contribution in [2.45, 2.75) is 33.7 Å². The first kappa shape index (κ1) is 20.3. The Kier molecular flexibility index (Phi) is 7.08. The lowest BCUT2D eigenvalue weighted by Crippen LogP contribution is -2.47. The second kappa shape index (κ2) is 8.37. The lowest BCUT2D eigenvalue weighted by atomic mass is 9.93. The van der Waals surface area contributed by atoms with E-state index in [-0.39, 0.29) is 30.3 Å². The fourth-order valence-corrected chi connectivity index (χ4v) is 3.54. The predicted molar refractivity (Wildman–Crippen MR) is 96.8 cm³/mol. The van der Waals surface area contributed by atoms with E-state index in [0.717, 1.165) is 10.6 Å². The Hall–Kier alpha value is -1.76. The largest absolute Gasteiger partial charge is 0.495 e. The number of rotatable bonds is 8. The summed E-state index contributed by atoms with van der Waals surface area (Å²) in [6, 6.07) is 6.72. The number of para-hydroxylation sites is 2. The van der Waals surface area contributed by atoms with E-state index in [1.165, 1.54) is 7.11 Å². The highest BCUT2D eigenvalue weighted by molar-refractivity contribution is 7.92. The van der Waals surface area contributed by atoms with Gasteiger partial charge in [-0.25, -0.2) is 8.42 Å². The highest BCUT2D eigenvalue weighted by Gasteiger charge is 2.26. The molecule has 0 spiro atoms. The van der Waals surface area contributed by atoms with Crippen molar-refractivity contribution in [3.8, 4) is 5.75 Å². The predicted octanol–water partition coefficient (Wildman–Crippen LogP) is 2.26. The average molecular weight is 356 g/mol. The standard InChI is InChI=1S/C17H28N2O4S/c1-12(2)17(13(3)4)18-16(20)11-19(24(6,21)22)14-9-7-8-10-15(14)23-5/h7-10,12-13,17H,11H2,1-6H3,(H,18,20). The number of hydrogen-bond acceptors (Lipinski definition) is 4. The van der Waals surface area contributed by atoms with Crippen LogP contribution in [0.4, 0.5) is 5.69 Å². The van der Waals surface area contributed by atoms with E-state index in [2.05, 4.69) is 5.32 Å². The fourth-order valence-electron chi connectivity index (χ4n) is 2.68. The van der Waals surface area contributed by atoms with Crippen molar-refractivity contribution in [2.75, 3.05) is 24.2 Å². The third kappa shape index (κ3) is 5.40. The highest BCUT2D eigenvalue weighted by Crippen LogP contribution is 2.29. The van der Waals surface area contributed by atoms with E-state index >= 15 is 0 Å². The van der Waals surface area contributed by atoms with Gasteiger partial charge in [0.15, 0.2) is 0 Å². The molecule has 1 aromatic rings. The summed E-state index contributed by atoms with van der Waals surface area (Å²) in [5.74, 6) is 0.581. The first-order chi connectivity index (χ1) is 11.1. The summed E-state index contributed by atoms with van der Waals surface area (Å²) in [6.07, 6.45) is 1.08. The summed E-state index contributed by atoms with van der Waals surface area (Å²) in [5, 5.41) is 2.94. The van der Waals surface area contributed by atoms with Crippen LogP contribution >= 0.6 is 0 Å². The molecular weight excluding hydrogens is 328 g/mol. The van der Waals surface area contributed by atoms with Crippen LogP contribution < -0.4 is 14.4 Å². The van der Waals surface area contributed by atoms with E-state index < -0.39 is 10.0 Å². The second-order valence-electron chi connectivity index (χ2n) is 6.52. The van der Waals surface area contributed by atoms with Crippen molar-refractivity contribution in [3.05, 3.63) is 24.3 Å². The zero-order chi connectivity index (χ0) is 18.5. The van der Waals surface area contributed by atoms with Crippen LogP contribution in [0.5, 0.6) is 5.75 Å². The van der Waals surface area contributed by atoms with Crippen LogP contribution in [-0.2, 0) is 14.8 Å². The minimum Gasteiger partial charge on any atom is -0.495 e. The minimum absolute atomic E-state index is 0.0171.